The molecule has 0 bridgehead atoms. The van der Waals surface area contributed by atoms with Crippen LogP contribution < -0.4 is 0 Å². The quantitative estimate of drug-likeness (QED) is 0.360. The van der Waals surface area contributed by atoms with Crippen LogP contribution in [0.2, 0.25) is 0 Å². The first-order valence-electron chi connectivity index (χ1n) is 6.01. The highest BCUT2D eigenvalue weighted by Gasteiger charge is 2.44. The minimum absolute atomic E-state index is 0.226. The molecule has 0 aliphatic carbocycles. The van der Waals surface area contributed by atoms with E-state index in [-0.39, 0.29) is 6.04 Å². The molecule has 1 aromatic rings. The summed E-state index contributed by atoms with van der Waals surface area (Å²) in [6.07, 6.45) is 2.60. The summed E-state index contributed by atoms with van der Waals surface area (Å²) in [7, 11) is -3.77. The van der Waals surface area contributed by atoms with Gasteiger partial charge in [0.2, 0.25) is 10.0 Å². The highest BCUT2D eigenvalue weighted by Crippen LogP contribution is 2.38. The maximum absolute atomic E-state index is 12.1. The molecule has 2 unspecified atom stereocenters. The van der Waals surface area contributed by atoms with Crippen LogP contribution in [-0.2, 0) is 10.0 Å². The van der Waals surface area contributed by atoms with Gasteiger partial charge in [0.05, 0.1) is 11.0 Å². The van der Waals surface area contributed by atoms with Crippen LogP contribution in [0.15, 0.2) is 53.6 Å². The van der Waals surface area contributed by atoms with Crippen molar-refractivity contribution < 1.29 is 13.3 Å². The largest absolute Gasteiger partial charge is 0.281 e. The lowest BCUT2D eigenvalue weighted by Crippen LogP contribution is -2.11. The van der Waals surface area contributed by atoms with E-state index in [4.69, 9.17) is 0 Å². The number of hydrogen-bond acceptors (Lipinski definition) is 4. The average Bonchev–Trinajstić information content (AvgIpc) is 3.20. The topological polar surface area (TPSA) is 80.3 Å². The van der Waals surface area contributed by atoms with Gasteiger partial charge in [0.25, 0.3) is 5.70 Å². The van der Waals surface area contributed by atoms with Gasteiger partial charge in [-0.3, -0.25) is 10.1 Å². The van der Waals surface area contributed by atoms with E-state index in [0.717, 1.165) is 5.56 Å². The smallest absolute Gasteiger partial charge is 0.258 e. The van der Waals surface area contributed by atoms with Crippen molar-refractivity contribution in [3.8, 4) is 0 Å². The highest BCUT2D eigenvalue weighted by molar-refractivity contribution is 7.92. The van der Waals surface area contributed by atoms with E-state index in [2.05, 4.69) is 0 Å². The van der Waals surface area contributed by atoms with Crippen molar-refractivity contribution in [2.75, 3.05) is 6.54 Å². The van der Waals surface area contributed by atoms with E-state index >= 15 is 0 Å². The molecule has 6 nitrogen and oxygen atoms in total. The Morgan fingerprint density at radius 1 is 1.40 bits per heavy atom. The zero-order valence-corrected chi connectivity index (χ0v) is 11.7. The predicted octanol–water partition coefficient (Wildman–Crippen LogP) is 2.07. The standard InChI is InChI=1S/C13H14N2O4S/c1-2-6-12(15(16)17)10-20(18,19)14-9-13(14)11-7-4-3-5-8-11/h2-8,10,13H,9H2,1H3/b6-2-,12-10-. The third kappa shape index (κ3) is 3.12. The molecule has 2 atom stereocenters. The molecule has 0 aromatic heterocycles. The van der Waals surface area contributed by atoms with Gasteiger partial charge < -0.3 is 0 Å². The van der Waals surface area contributed by atoms with Gasteiger partial charge in [-0.15, -0.1) is 0 Å². The summed E-state index contributed by atoms with van der Waals surface area (Å²) in [5, 5.41) is 11.5. The van der Waals surface area contributed by atoms with Gasteiger partial charge in [0, 0.05) is 12.6 Å². The van der Waals surface area contributed by atoms with Crippen LogP contribution in [0, 0.1) is 10.1 Å². The molecule has 1 saturated heterocycles. The van der Waals surface area contributed by atoms with Crippen LogP contribution in [0.1, 0.15) is 18.5 Å². The van der Waals surface area contributed by atoms with Crippen molar-refractivity contribution >= 4 is 10.0 Å². The van der Waals surface area contributed by atoms with Gasteiger partial charge >= 0.3 is 0 Å². The van der Waals surface area contributed by atoms with E-state index in [1.165, 1.54) is 16.5 Å². The Bertz CT molecular complexity index is 665. The number of nitro groups is 1. The van der Waals surface area contributed by atoms with E-state index in [1.54, 1.807) is 6.92 Å². The Hall–Kier alpha value is -1.99. The second-order valence-corrected chi connectivity index (χ2v) is 6.08. The summed E-state index contributed by atoms with van der Waals surface area (Å²) in [5.41, 5.74) is 0.448. The fraction of sp³-hybridized carbons (Fsp3) is 0.231. The molecule has 1 aliphatic rings. The fourth-order valence-corrected chi connectivity index (χ4v) is 3.32. The first kappa shape index (κ1) is 14.4. The molecule has 106 valence electrons. The summed E-state index contributed by atoms with van der Waals surface area (Å²) in [6, 6.07) is 8.96. The van der Waals surface area contributed by atoms with Crippen LogP contribution >= 0.6 is 0 Å². The predicted molar refractivity (Wildman–Crippen MR) is 74.7 cm³/mol. The van der Waals surface area contributed by atoms with Crippen LogP contribution in [0.5, 0.6) is 0 Å². The lowest BCUT2D eigenvalue weighted by Gasteiger charge is -2.01. The second-order valence-electron chi connectivity index (χ2n) is 4.34. The monoisotopic (exact) mass is 294 g/mol. The first-order chi connectivity index (χ1) is 9.45. The van der Waals surface area contributed by atoms with E-state index in [9.17, 15) is 18.5 Å². The van der Waals surface area contributed by atoms with Crippen LogP contribution in [0.3, 0.4) is 0 Å². The summed E-state index contributed by atoms with van der Waals surface area (Å²) in [5.74, 6) is 0. The molecular formula is C13H14N2O4S. The molecule has 0 saturated carbocycles. The Kier molecular flexibility index (Phi) is 4.01. The molecule has 1 aliphatic heterocycles. The first-order valence-corrected chi connectivity index (χ1v) is 7.51. The Balaban J connectivity index is 2.22. The molecule has 1 aromatic carbocycles. The molecule has 1 heterocycles. The minimum Gasteiger partial charge on any atom is -0.258 e. The van der Waals surface area contributed by atoms with Crippen LogP contribution in [-0.4, -0.2) is 24.2 Å². The maximum Gasteiger partial charge on any atom is 0.281 e. The Morgan fingerprint density at radius 3 is 2.60 bits per heavy atom. The third-order valence-electron chi connectivity index (χ3n) is 2.90. The molecule has 7 heteroatoms. The van der Waals surface area contributed by atoms with E-state index < -0.39 is 20.6 Å². The lowest BCUT2D eigenvalue weighted by molar-refractivity contribution is -0.418. The average molecular weight is 294 g/mol. The van der Waals surface area contributed by atoms with Crippen molar-refractivity contribution in [2.45, 2.75) is 13.0 Å². The Labute approximate surface area is 117 Å². The second kappa shape index (κ2) is 5.56. The zero-order chi connectivity index (χ0) is 14.8. The van der Waals surface area contributed by atoms with Crippen LogP contribution in [0.4, 0.5) is 0 Å². The Morgan fingerprint density at radius 2 is 2.05 bits per heavy atom. The molecule has 2 rings (SSSR count). The van der Waals surface area contributed by atoms with Gasteiger partial charge in [-0.1, -0.05) is 36.4 Å². The van der Waals surface area contributed by atoms with Crippen LogP contribution in [0.25, 0.3) is 0 Å². The van der Waals surface area contributed by atoms with Gasteiger partial charge in [0.15, 0.2) is 0 Å². The van der Waals surface area contributed by atoms with Gasteiger partial charge in [0.1, 0.15) is 5.41 Å². The van der Waals surface area contributed by atoms with Gasteiger partial charge in [-0.05, 0) is 12.5 Å². The molecule has 0 spiro atoms. The fourth-order valence-electron chi connectivity index (χ4n) is 1.89. The van der Waals surface area contributed by atoms with Crippen molar-refractivity contribution in [3.05, 3.63) is 69.3 Å². The van der Waals surface area contributed by atoms with E-state index in [0.29, 0.717) is 12.0 Å². The normalized spacial score (nSPS) is 22.9. The van der Waals surface area contributed by atoms with Crippen molar-refractivity contribution in [3.63, 3.8) is 0 Å². The van der Waals surface area contributed by atoms with Crippen molar-refractivity contribution in [1.29, 1.82) is 0 Å². The molecule has 0 radical (unpaired) electrons. The van der Waals surface area contributed by atoms with Crippen molar-refractivity contribution in [1.82, 2.24) is 4.31 Å². The van der Waals surface area contributed by atoms with E-state index in [1.807, 2.05) is 30.3 Å². The summed E-state index contributed by atoms with van der Waals surface area (Å²) in [6.45, 7) is 1.94. The number of benzene rings is 1. The SMILES string of the molecule is C/C=C\C(=C\S(=O)(=O)N1CC1c1ccccc1)[N+](=O)[O-]. The number of sulfonamides is 1. The molecule has 0 amide bonds. The van der Waals surface area contributed by atoms with Gasteiger partial charge in [-0.2, -0.15) is 4.31 Å². The number of allylic oxidation sites excluding steroid dienone is 2. The number of hydrogen-bond donors (Lipinski definition) is 0. The zero-order valence-electron chi connectivity index (χ0n) is 10.8. The summed E-state index contributed by atoms with van der Waals surface area (Å²) in [4.78, 5) is 10.1. The third-order valence-corrected chi connectivity index (χ3v) is 4.49. The number of rotatable bonds is 5. The van der Waals surface area contributed by atoms with Gasteiger partial charge in [-0.25, -0.2) is 8.42 Å². The van der Waals surface area contributed by atoms with Crippen molar-refractivity contribution in [2.24, 2.45) is 0 Å². The lowest BCUT2D eigenvalue weighted by atomic mass is 10.2. The molecular weight excluding hydrogens is 280 g/mol. The molecule has 1 fully saturated rings. The summed E-state index contributed by atoms with van der Waals surface area (Å²) >= 11 is 0. The minimum atomic E-state index is -3.77. The summed E-state index contributed by atoms with van der Waals surface area (Å²) < 4.78 is 25.4. The highest BCUT2D eigenvalue weighted by atomic mass is 32.2. The number of nitrogens with zero attached hydrogens (tertiary/aromatic N) is 2. The maximum atomic E-state index is 12.1. The molecule has 0 N–H and O–H groups in total. The molecule has 20 heavy (non-hydrogen) atoms.